The largest absolute Gasteiger partial charge is 0.274 e. The molecule has 8 nitrogen and oxygen atoms in total. The van der Waals surface area contributed by atoms with Gasteiger partial charge in [0.1, 0.15) is 11.9 Å². The molecule has 0 aliphatic rings. The van der Waals surface area contributed by atoms with Gasteiger partial charge in [0.05, 0.1) is 22.2 Å². The van der Waals surface area contributed by atoms with E-state index in [0.29, 0.717) is 0 Å². The summed E-state index contributed by atoms with van der Waals surface area (Å²) in [6.07, 6.45) is 3.96. The average Bonchev–Trinajstić information content (AvgIpc) is 2.48. The number of pyridine rings is 2. The van der Waals surface area contributed by atoms with E-state index in [-0.39, 0.29) is 22.8 Å². The van der Waals surface area contributed by atoms with Gasteiger partial charge in [0.2, 0.25) is 5.91 Å². The Balaban J connectivity index is 2.60. The highest BCUT2D eigenvalue weighted by Gasteiger charge is 2.21. The maximum Gasteiger partial charge on any atom is 0.274 e. The average molecular weight is 283 g/mol. The third kappa shape index (κ3) is 2.82. The van der Waals surface area contributed by atoms with Crippen LogP contribution in [0.3, 0.4) is 0 Å². The molecule has 0 atom stereocenters. The molecular formula is C13H9N5O3. The summed E-state index contributed by atoms with van der Waals surface area (Å²) in [5, 5.41) is 19.9. The van der Waals surface area contributed by atoms with Crippen LogP contribution in [0.2, 0.25) is 0 Å². The first kappa shape index (κ1) is 14.1. The van der Waals surface area contributed by atoms with Crippen molar-refractivity contribution in [3.8, 4) is 6.07 Å². The number of hydrogen-bond acceptors (Lipinski definition) is 6. The summed E-state index contributed by atoms with van der Waals surface area (Å²) in [5.41, 5.74) is 0.243. The van der Waals surface area contributed by atoms with Gasteiger partial charge in [0.25, 0.3) is 5.69 Å². The number of nitriles is 1. The molecule has 2 aromatic rings. The first-order chi connectivity index (χ1) is 10.0. The summed E-state index contributed by atoms with van der Waals surface area (Å²) in [4.78, 5) is 31.0. The number of nitrogens with zero attached hydrogens (tertiary/aromatic N) is 5. The molecule has 0 bridgehead atoms. The molecule has 0 aliphatic carbocycles. The highest BCUT2D eigenvalue weighted by Crippen LogP contribution is 2.28. The Bertz CT molecular complexity index is 753. The van der Waals surface area contributed by atoms with Gasteiger partial charge in [-0.25, -0.2) is 4.98 Å². The maximum absolute atomic E-state index is 11.9. The van der Waals surface area contributed by atoms with Gasteiger partial charge >= 0.3 is 0 Å². The van der Waals surface area contributed by atoms with Crippen molar-refractivity contribution >= 4 is 23.1 Å². The normalized spacial score (nSPS) is 9.71. The minimum Gasteiger partial charge on any atom is -0.274 e. The molecule has 0 radical (unpaired) electrons. The molecule has 0 spiro atoms. The van der Waals surface area contributed by atoms with E-state index in [1.807, 2.05) is 6.07 Å². The fourth-order valence-electron chi connectivity index (χ4n) is 1.77. The van der Waals surface area contributed by atoms with Crippen LogP contribution in [0.4, 0.5) is 17.2 Å². The summed E-state index contributed by atoms with van der Waals surface area (Å²) < 4.78 is 0. The van der Waals surface area contributed by atoms with Crippen molar-refractivity contribution < 1.29 is 9.72 Å². The van der Waals surface area contributed by atoms with Crippen LogP contribution in [0.25, 0.3) is 0 Å². The quantitative estimate of drug-likeness (QED) is 0.628. The van der Waals surface area contributed by atoms with Gasteiger partial charge in [-0.2, -0.15) is 5.26 Å². The zero-order valence-corrected chi connectivity index (χ0v) is 10.9. The molecule has 2 heterocycles. The SMILES string of the molecule is CC(=O)N(c1cc([N+](=O)[O-])ccn1)c1ccncc1C#N. The van der Waals surface area contributed by atoms with Crippen molar-refractivity contribution in [3.63, 3.8) is 0 Å². The molecule has 0 fully saturated rings. The van der Waals surface area contributed by atoms with E-state index in [4.69, 9.17) is 5.26 Å². The Morgan fingerprint density at radius 3 is 2.81 bits per heavy atom. The van der Waals surface area contributed by atoms with Gasteiger partial charge in [-0.15, -0.1) is 0 Å². The topological polar surface area (TPSA) is 113 Å². The van der Waals surface area contributed by atoms with Gasteiger partial charge in [-0.05, 0) is 6.07 Å². The molecule has 0 aromatic carbocycles. The first-order valence-electron chi connectivity index (χ1n) is 5.80. The molecule has 21 heavy (non-hydrogen) atoms. The van der Waals surface area contributed by atoms with E-state index in [0.717, 1.165) is 4.90 Å². The van der Waals surface area contributed by atoms with Crippen LogP contribution in [0, 0.1) is 21.4 Å². The smallest absolute Gasteiger partial charge is 0.274 e. The van der Waals surface area contributed by atoms with Crippen LogP contribution >= 0.6 is 0 Å². The number of amides is 1. The molecule has 0 aliphatic heterocycles. The molecule has 0 unspecified atom stereocenters. The molecule has 2 aromatic heterocycles. The molecule has 8 heteroatoms. The number of nitro groups is 1. The zero-order valence-electron chi connectivity index (χ0n) is 10.9. The maximum atomic E-state index is 11.9. The van der Waals surface area contributed by atoms with Crippen molar-refractivity contribution in [1.82, 2.24) is 9.97 Å². The van der Waals surface area contributed by atoms with Gasteiger partial charge < -0.3 is 0 Å². The Labute approximate surface area is 119 Å². The predicted molar refractivity (Wildman–Crippen MR) is 72.7 cm³/mol. The molecule has 104 valence electrons. The predicted octanol–water partition coefficient (Wildman–Crippen LogP) is 1.94. The van der Waals surface area contributed by atoms with Crippen molar-refractivity contribution in [1.29, 1.82) is 5.26 Å². The first-order valence-corrected chi connectivity index (χ1v) is 5.80. The van der Waals surface area contributed by atoms with E-state index >= 15 is 0 Å². The van der Waals surface area contributed by atoms with Crippen LogP contribution in [0.5, 0.6) is 0 Å². The summed E-state index contributed by atoms with van der Waals surface area (Å²) >= 11 is 0. The lowest BCUT2D eigenvalue weighted by atomic mass is 10.2. The van der Waals surface area contributed by atoms with Gasteiger partial charge in [-0.1, -0.05) is 0 Å². The monoisotopic (exact) mass is 283 g/mol. The van der Waals surface area contributed by atoms with Crippen LogP contribution in [-0.2, 0) is 4.79 Å². The second-order valence-corrected chi connectivity index (χ2v) is 3.99. The van der Waals surface area contributed by atoms with Gasteiger partial charge in [0, 0.05) is 31.6 Å². The number of hydrogen-bond donors (Lipinski definition) is 0. The molecule has 0 saturated carbocycles. The minimum absolute atomic E-state index is 0.0689. The van der Waals surface area contributed by atoms with E-state index in [1.54, 1.807) is 0 Å². The number of aromatic nitrogens is 2. The van der Waals surface area contributed by atoms with E-state index in [9.17, 15) is 14.9 Å². The van der Waals surface area contributed by atoms with Gasteiger partial charge in [0.15, 0.2) is 0 Å². The zero-order chi connectivity index (χ0) is 15.4. The Hall–Kier alpha value is -3.34. The number of carbonyl (C=O) groups is 1. The molecular weight excluding hydrogens is 274 g/mol. The molecule has 2 rings (SSSR count). The number of carbonyl (C=O) groups excluding carboxylic acids is 1. The van der Waals surface area contributed by atoms with Crippen molar-refractivity contribution in [2.45, 2.75) is 6.92 Å². The Morgan fingerprint density at radius 2 is 2.19 bits per heavy atom. The number of anilines is 2. The van der Waals surface area contributed by atoms with E-state index < -0.39 is 10.8 Å². The van der Waals surface area contributed by atoms with Gasteiger partial charge in [-0.3, -0.25) is 24.8 Å². The second-order valence-electron chi connectivity index (χ2n) is 3.99. The Kier molecular flexibility index (Phi) is 3.85. The van der Waals surface area contributed by atoms with E-state index in [2.05, 4.69) is 9.97 Å². The summed E-state index contributed by atoms with van der Waals surface area (Å²) in [6, 6.07) is 5.78. The third-order valence-electron chi connectivity index (χ3n) is 2.64. The number of rotatable bonds is 3. The van der Waals surface area contributed by atoms with Crippen molar-refractivity contribution in [2.24, 2.45) is 0 Å². The summed E-state index contributed by atoms with van der Waals surface area (Å²) in [5.74, 6) is -0.356. The van der Waals surface area contributed by atoms with Crippen molar-refractivity contribution in [3.05, 3.63) is 52.5 Å². The van der Waals surface area contributed by atoms with Crippen molar-refractivity contribution in [2.75, 3.05) is 4.90 Å². The summed E-state index contributed by atoms with van der Waals surface area (Å²) in [7, 11) is 0. The van der Waals surface area contributed by atoms with Crippen LogP contribution in [0.1, 0.15) is 12.5 Å². The van der Waals surface area contributed by atoms with Crippen LogP contribution in [0.15, 0.2) is 36.8 Å². The highest BCUT2D eigenvalue weighted by atomic mass is 16.6. The minimum atomic E-state index is -0.582. The molecule has 0 saturated heterocycles. The lowest BCUT2D eigenvalue weighted by Crippen LogP contribution is -2.24. The second kappa shape index (κ2) is 5.75. The fourth-order valence-corrected chi connectivity index (χ4v) is 1.77. The van der Waals surface area contributed by atoms with E-state index in [1.165, 1.54) is 43.7 Å². The Morgan fingerprint density at radius 1 is 1.43 bits per heavy atom. The molecule has 0 N–H and O–H groups in total. The fraction of sp³-hybridized carbons (Fsp3) is 0.0769. The van der Waals surface area contributed by atoms with Crippen LogP contribution in [-0.4, -0.2) is 20.8 Å². The van der Waals surface area contributed by atoms with Crippen LogP contribution < -0.4 is 4.90 Å². The standard InChI is InChI=1S/C13H9N5O3/c1-9(19)17(12-3-4-15-8-10(12)7-14)13-6-11(18(20)21)2-5-16-13/h2-6,8H,1H3. The lowest BCUT2D eigenvalue weighted by molar-refractivity contribution is -0.384. The third-order valence-corrected chi connectivity index (χ3v) is 2.64. The lowest BCUT2D eigenvalue weighted by Gasteiger charge is -2.20. The summed E-state index contributed by atoms with van der Waals surface area (Å²) in [6.45, 7) is 1.28. The highest BCUT2D eigenvalue weighted by molar-refractivity contribution is 5.99. The molecule has 1 amide bonds.